The van der Waals surface area contributed by atoms with Crippen molar-refractivity contribution in [2.24, 2.45) is 0 Å². The summed E-state index contributed by atoms with van der Waals surface area (Å²) < 4.78 is 32.1. The first-order valence-electron chi connectivity index (χ1n) is 12.2. The summed E-state index contributed by atoms with van der Waals surface area (Å²) in [5.41, 5.74) is -4.25. The van der Waals surface area contributed by atoms with Crippen LogP contribution in [-0.2, 0) is 12.8 Å². The number of ether oxygens (including phenoxy) is 6. The lowest BCUT2D eigenvalue weighted by Gasteiger charge is -2.45. The second-order valence-corrected chi connectivity index (χ2v) is 9.20. The summed E-state index contributed by atoms with van der Waals surface area (Å²) >= 11 is 0. The molecular formula is C28H40O12. The van der Waals surface area contributed by atoms with E-state index in [0.717, 1.165) is 6.08 Å². The van der Waals surface area contributed by atoms with E-state index in [4.69, 9.17) is 28.4 Å². The Morgan fingerprint density at radius 1 is 0.700 bits per heavy atom. The molecule has 0 radical (unpaired) electrons. The number of hydrogen-bond donors (Lipinski definition) is 6. The molecule has 2 aromatic carbocycles. The highest BCUT2D eigenvalue weighted by molar-refractivity contribution is 5.55. The van der Waals surface area contributed by atoms with E-state index in [0.29, 0.717) is 11.3 Å². The van der Waals surface area contributed by atoms with Crippen LogP contribution in [0, 0.1) is 0 Å². The fraction of sp³-hybridized carbons (Fsp3) is 0.500. The lowest BCUT2D eigenvalue weighted by atomic mass is 9.73. The van der Waals surface area contributed by atoms with Gasteiger partial charge in [-0.05, 0) is 35.4 Å². The lowest BCUT2D eigenvalue weighted by molar-refractivity contribution is -0.218. The topological polar surface area (TPSA) is 177 Å². The van der Waals surface area contributed by atoms with Crippen molar-refractivity contribution in [3.05, 3.63) is 48.0 Å². The maximum atomic E-state index is 11.8. The SMILES string of the molecule is C=CC(O)(Cc1cc(OC)c(OC)c(OC)c1)[C@@H](O)[C@@](O)(Cc1cc(OC)c(OC)c(OC)c1)[C@H](O)[C@@H](O)CO. The third-order valence-corrected chi connectivity index (χ3v) is 6.79. The summed E-state index contributed by atoms with van der Waals surface area (Å²) in [4.78, 5) is 0. The second-order valence-electron chi connectivity index (χ2n) is 9.20. The van der Waals surface area contributed by atoms with E-state index in [1.165, 1.54) is 54.8 Å². The number of aliphatic hydroxyl groups is 6. The van der Waals surface area contributed by atoms with Gasteiger partial charge in [-0.25, -0.2) is 0 Å². The smallest absolute Gasteiger partial charge is 0.203 e. The molecule has 1 unspecified atom stereocenters. The molecule has 2 rings (SSSR count). The maximum absolute atomic E-state index is 11.8. The van der Waals surface area contributed by atoms with Crippen LogP contribution >= 0.6 is 0 Å². The Kier molecular flexibility index (Phi) is 11.4. The molecule has 12 nitrogen and oxygen atoms in total. The molecule has 0 saturated carbocycles. The molecule has 224 valence electrons. The van der Waals surface area contributed by atoms with Crippen molar-refractivity contribution in [1.29, 1.82) is 0 Å². The van der Waals surface area contributed by atoms with Gasteiger partial charge in [0.25, 0.3) is 0 Å². The van der Waals surface area contributed by atoms with Gasteiger partial charge in [0.05, 0.1) is 49.3 Å². The van der Waals surface area contributed by atoms with Crippen molar-refractivity contribution >= 4 is 0 Å². The number of benzene rings is 2. The minimum Gasteiger partial charge on any atom is -0.493 e. The van der Waals surface area contributed by atoms with E-state index >= 15 is 0 Å². The van der Waals surface area contributed by atoms with Crippen LogP contribution in [0.15, 0.2) is 36.9 Å². The van der Waals surface area contributed by atoms with E-state index in [-0.39, 0.29) is 40.7 Å². The van der Waals surface area contributed by atoms with Crippen LogP contribution in [0.2, 0.25) is 0 Å². The molecule has 12 heteroatoms. The molecule has 2 aromatic rings. The number of aliphatic hydroxyl groups excluding tert-OH is 4. The Hall–Kier alpha value is -3.26. The minimum atomic E-state index is -2.64. The molecule has 0 aliphatic heterocycles. The quantitative estimate of drug-likeness (QED) is 0.152. The fourth-order valence-electron chi connectivity index (χ4n) is 4.64. The molecule has 0 aromatic heterocycles. The van der Waals surface area contributed by atoms with Gasteiger partial charge < -0.3 is 59.1 Å². The van der Waals surface area contributed by atoms with Gasteiger partial charge in [-0.3, -0.25) is 0 Å². The molecule has 0 spiro atoms. The molecule has 0 fully saturated rings. The summed E-state index contributed by atoms with van der Waals surface area (Å²) in [5, 5.41) is 65.8. The van der Waals surface area contributed by atoms with Crippen LogP contribution < -0.4 is 28.4 Å². The Balaban J connectivity index is 2.65. The van der Waals surface area contributed by atoms with Crippen molar-refractivity contribution in [1.82, 2.24) is 0 Å². The van der Waals surface area contributed by atoms with Gasteiger partial charge >= 0.3 is 0 Å². The van der Waals surface area contributed by atoms with Crippen molar-refractivity contribution in [3.8, 4) is 34.5 Å². The van der Waals surface area contributed by atoms with Gasteiger partial charge in [0, 0.05) is 12.8 Å². The zero-order chi connectivity index (χ0) is 30.3. The van der Waals surface area contributed by atoms with Crippen LogP contribution in [0.3, 0.4) is 0 Å². The molecule has 5 atom stereocenters. The van der Waals surface area contributed by atoms with Crippen molar-refractivity contribution in [2.45, 2.75) is 42.4 Å². The largest absolute Gasteiger partial charge is 0.493 e. The van der Waals surface area contributed by atoms with E-state index in [1.54, 1.807) is 12.1 Å². The Morgan fingerprint density at radius 3 is 1.38 bits per heavy atom. The molecule has 40 heavy (non-hydrogen) atoms. The van der Waals surface area contributed by atoms with Crippen LogP contribution in [0.25, 0.3) is 0 Å². The summed E-state index contributed by atoms with van der Waals surface area (Å²) in [5.74, 6) is 1.57. The molecule has 0 aliphatic carbocycles. The summed E-state index contributed by atoms with van der Waals surface area (Å²) in [6.45, 7) is 2.69. The monoisotopic (exact) mass is 568 g/mol. The predicted molar refractivity (Wildman–Crippen MR) is 145 cm³/mol. The molecule has 0 aliphatic rings. The van der Waals surface area contributed by atoms with Crippen molar-refractivity contribution in [2.75, 3.05) is 49.3 Å². The van der Waals surface area contributed by atoms with Crippen LogP contribution in [-0.4, -0.2) is 109 Å². The molecule has 0 bridgehead atoms. The van der Waals surface area contributed by atoms with E-state index < -0.39 is 42.5 Å². The minimum absolute atomic E-state index is 0.224. The summed E-state index contributed by atoms with van der Waals surface area (Å²) in [7, 11) is 8.45. The summed E-state index contributed by atoms with van der Waals surface area (Å²) in [6, 6.07) is 6.03. The van der Waals surface area contributed by atoms with Gasteiger partial charge in [-0.1, -0.05) is 6.08 Å². The van der Waals surface area contributed by atoms with Gasteiger partial charge in [0.2, 0.25) is 11.5 Å². The average molecular weight is 569 g/mol. The van der Waals surface area contributed by atoms with Crippen LogP contribution in [0.1, 0.15) is 11.1 Å². The summed E-state index contributed by atoms with van der Waals surface area (Å²) in [6.07, 6.45) is -6.02. The van der Waals surface area contributed by atoms with Crippen molar-refractivity contribution < 1.29 is 59.1 Å². The van der Waals surface area contributed by atoms with Crippen LogP contribution in [0.5, 0.6) is 34.5 Å². The predicted octanol–water partition coefficient (Wildman–Crippen LogP) is 0.247. The van der Waals surface area contributed by atoms with Gasteiger partial charge in [-0.2, -0.15) is 0 Å². The second kappa shape index (κ2) is 13.9. The van der Waals surface area contributed by atoms with E-state index in [1.807, 2.05) is 0 Å². The third kappa shape index (κ3) is 6.54. The zero-order valence-electron chi connectivity index (χ0n) is 23.6. The Morgan fingerprint density at radius 2 is 1.07 bits per heavy atom. The normalized spacial score (nSPS) is 16.5. The molecular weight excluding hydrogens is 528 g/mol. The van der Waals surface area contributed by atoms with Crippen molar-refractivity contribution in [3.63, 3.8) is 0 Å². The third-order valence-electron chi connectivity index (χ3n) is 6.79. The average Bonchev–Trinajstić information content (AvgIpc) is 2.98. The van der Waals surface area contributed by atoms with Gasteiger partial charge in [0.1, 0.15) is 29.5 Å². The maximum Gasteiger partial charge on any atom is 0.203 e. The standard InChI is InChI=1S/C28H40O12/c1-8-27(33,13-16-9-19(35-2)23(39-6)20(10-16)36-3)26(32)28(34,25(31)18(30)15-29)14-17-11-21(37-4)24(40-7)22(12-17)38-5/h8-12,18,25-26,29-34H,1,13-15H2,2-7H3/t18-,25+,26+,27?,28+/m0/s1. The van der Waals surface area contributed by atoms with E-state index in [9.17, 15) is 30.6 Å². The van der Waals surface area contributed by atoms with Gasteiger partial charge in [-0.15, -0.1) is 6.58 Å². The first-order valence-corrected chi connectivity index (χ1v) is 12.2. The zero-order valence-corrected chi connectivity index (χ0v) is 23.6. The highest BCUT2D eigenvalue weighted by Gasteiger charge is 2.53. The molecule has 0 saturated heterocycles. The molecule has 6 N–H and O–H groups in total. The Labute approximate surface area is 233 Å². The lowest BCUT2D eigenvalue weighted by Crippen LogP contribution is -2.66. The fourth-order valence-corrected chi connectivity index (χ4v) is 4.64. The first kappa shape index (κ1) is 32.9. The highest BCUT2D eigenvalue weighted by atomic mass is 16.5. The Bertz CT molecular complexity index is 1090. The number of rotatable bonds is 16. The molecule has 0 amide bonds. The number of methoxy groups -OCH3 is 6. The number of hydrogen-bond acceptors (Lipinski definition) is 12. The van der Waals surface area contributed by atoms with Gasteiger partial charge in [0.15, 0.2) is 23.0 Å². The van der Waals surface area contributed by atoms with Crippen LogP contribution in [0.4, 0.5) is 0 Å². The van der Waals surface area contributed by atoms with E-state index in [2.05, 4.69) is 6.58 Å². The highest BCUT2D eigenvalue weighted by Crippen LogP contribution is 2.42. The first-order chi connectivity index (χ1) is 18.9. The molecule has 0 heterocycles.